The van der Waals surface area contributed by atoms with E-state index in [9.17, 15) is 0 Å². The molecular formula is C17H18BrN3O3. The Morgan fingerprint density at radius 3 is 2.54 bits per heavy atom. The molecule has 0 bridgehead atoms. The van der Waals surface area contributed by atoms with Crippen LogP contribution >= 0.6 is 15.9 Å². The van der Waals surface area contributed by atoms with Crippen molar-refractivity contribution >= 4 is 32.9 Å². The fraction of sp³-hybridized carbons (Fsp3) is 0.235. The van der Waals surface area contributed by atoms with Crippen molar-refractivity contribution in [3.05, 3.63) is 40.4 Å². The summed E-state index contributed by atoms with van der Waals surface area (Å²) in [5, 5.41) is 3.28. The summed E-state index contributed by atoms with van der Waals surface area (Å²) in [6.07, 6.45) is 0. The molecular weight excluding hydrogens is 374 g/mol. The van der Waals surface area contributed by atoms with E-state index in [2.05, 4.69) is 31.2 Å². The molecule has 1 aromatic heterocycles. The Labute approximate surface area is 148 Å². The zero-order valence-electron chi connectivity index (χ0n) is 13.6. The zero-order chi connectivity index (χ0) is 17.1. The lowest BCUT2D eigenvalue weighted by Gasteiger charge is -2.15. The second-order valence-corrected chi connectivity index (χ2v) is 6.01. The van der Waals surface area contributed by atoms with Crippen molar-refractivity contribution in [2.45, 2.75) is 6.54 Å². The van der Waals surface area contributed by atoms with Crippen LogP contribution in [0, 0.1) is 0 Å². The van der Waals surface area contributed by atoms with Gasteiger partial charge >= 0.3 is 0 Å². The van der Waals surface area contributed by atoms with Crippen LogP contribution < -0.4 is 19.5 Å². The maximum Gasteiger partial charge on any atom is 0.203 e. The Balaban J connectivity index is 1.85. The maximum absolute atomic E-state index is 5.49. The first kappa shape index (κ1) is 16.4. The lowest BCUT2D eigenvalue weighted by atomic mass is 10.1. The lowest BCUT2D eigenvalue weighted by Crippen LogP contribution is -2.05. The number of hydrogen-bond acceptors (Lipinski definition) is 5. The predicted octanol–water partition coefficient (Wildman–Crippen LogP) is 3.96. The van der Waals surface area contributed by atoms with Gasteiger partial charge in [-0.2, -0.15) is 0 Å². The van der Waals surface area contributed by atoms with Gasteiger partial charge in [-0.1, -0.05) is 15.9 Å². The van der Waals surface area contributed by atoms with Crippen LogP contribution in [0.4, 0.5) is 5.95 Å². The number of anilines is 1. The molecule has 3 rings (SSSR count). The van der Waals surface area contributed by atoms with E-state index in [-0.39, 0.29) is 0 Å². The molecule has 0 aliphatic carbocycles. The quantitative estimate of drug-likeness (QED) is 0.665. The smallest absolute Gasteiger partial charge is 0.203 e. The molecule has 24 heavy (non-hydrogen) atoms. The molecule has 7 heteroatoms. The lowest BCUT2D eigenvalue weighted by molar-refractivity contribution is 0.322. The summed E-state index contributed by atoms with van der Waals surface area (Å²) in [5.41, 5.74) is 2.81. The van der Waals surface area contributed by atoms with Gasteiger partial charge in [0.1, 0.15) is 0 Å². The number of ether oxygens (including phenoxy) is 3. The first-order valence-electron chi connectivity index (χ1n) is 7.33. The van der Waals surface area contributed by atoms with Crippen LogP contribution in [0.15, 0.2) is 34.8 Å². The van der Waals surface area contributed by atoms with Crippen LogP contribution in [-0.2, 0) is 6.54 Å². The molecule has 0 saturated carbocycles. The van der Waals surface area contributed by atoms with E-state index in [1.165, 1.54) is 0 Å². The van der Waals surface area contributed by atoms with E-state index >= 15 is 0 Å². The molecule has 0 fully saturated rings. The molecule has 126 valence electrons. The third-order valence-electron chi connectivity index (χ3n) is 3.68. The minimum atomic E-state index is 0.532. The number of rotatable bonds is 6. The van der Waals surface area contributed by atoms with Crippen LogP contribution in [0.1, 0.15) is 5.56 Å². The van der Waals surface area contributed by atoms with Crippen LogP contribution in [0.3, 0.4) is 0 Å². The molecule has 0 aliphatic rings. The number of imidazole rings is 1. The van der Waals surface area contributed by atoms with Crippen molar-refractivity contribution in [3.63, 3.8) is 0 Å². The standard InChI is InChI=1S/C17H18BrN3O3/c1-22-14-7-4-10(15(23-2)16(14)24-3)9-19-17-20-12-6-5-11(18)8-13(12)21-17/h4-8H,9H2,1-3H3,(H2,19,20,21). The first-order valence-corrected chi connectivity index (χ1v) is 8.12. The summed E-state index contributed by atoms with van der Waals surface area (Å²) in [4.78, 5) is 7.76. The van der Waals surface area contributed by atoms with Gasteiger partial charge in [-0.25, -0.2) is 4.98 Å². The van der Waals surface area contributed by atoms with E-state index < -0.39 is 0 Å². The van der Waals surface area contributed by atoms with Gasteiger partial charge in [-0.15, -0.1) is 0 Å². The highest BCUT2D eigenvalue weighted by Crippen LogP contribution is 2.39. The summed E-state index contributed by atoms with van der Waals surface area (Å²) in [6, 6.07) is 9.70. The molecule has 0 spiro atoms. The van der Waals surface area contributed by atoms with Gasteiger partial charge in [-0.3, -0.25) is 0 Å². The molecule has 0 radical (unpaired) electrons. The number of methoxy groups -OCH3 is 3. The van der Waals surface area contributed by atoms with Gasteiger partial charge in [0, 0.05) is 16.6 Å². The minimum Gasteiger partial charge on any atom is -0.493 e. The fourth-order valence-electron chi connectivity index (χ4n) is 2.55. The summed E-state index contributed by atoms with van der Waals surface area (Å²) < 4.78 is 17.2. The molecule has 0 unspecified atom stereocenters. The molecule has 0 amide bonds. The van der Waals surface area contributed by atoms with E-state index in [0.29, 0.717) is 29.7 Å². The SMILES string of the molecule is COc1ccc(CNc2nc3ccc(Br)cc3[nH]2)c(OC)c1OC. The first-order chi connectivity index (χ1) is 11.7. The van der Waals surface area contributed by atoms with E-state index in [1.54, 1.807) is 21.3 Å². The number of nitrogens with zero attached hydrogens (tertiary/aromatic N) is 1. The fourth-order valence-corrected chi connectivity index (χ4v) is 2.91. The van der Waals surface area contributed by atoms with Crippen molar-refractivity contribution in [3.8, 4) is 17.2 Å². The molecule has 3 aromatic rings. The second-order valence-electron chi connectivity index (χ2n) is 5.09. The largest absolute Gasteiger partial charge is 0.493 e. The number of nitrogens with one attached hydrogen (secondary N) is 2. The van der Waals surface area contributed by atoms with Gasteiger partial charge < -0.3 is 24.5 Å². The summed E-state index contributed by atoms with van der Waals surface area (Å²) in [6.45, 7) is 0.532. The average Bonchev–Trinajstić information content (AvgIpc) is 3.00. The van der Waals surface area contributed by atoms with Crippen molar-refractivity contribution < 1.29 is 14.2 Å². The van der Waals surface area contributed by atoms with Crippen molar-refractivity contribution in [2.75, 3.05) is 26.6 Å². The summed E-state index contributed by atoms with van der Waals surface area (Å²) >= 11 is 3.46. The average molecular weight is 392 g/mol. The Hall–Kier alpha value is -2.41. The predicted molar refractivity (Wildman–Crippen MR) is 97.2 cm³/mol. The van der Waals surface area contributed by atoms with Crippen molar-refractivity contribution in [2.24, 2.45) is 0 Å². The summed E-state index contributed by atoms with van der Waals surface area (Å²) in [5.74, 6) is 2.54. The topological polar surface area (TPSA) is 68.4 Å². The summed E-state index contributed by atoms with van der Waals surface area (Å²) in [7, 11) is 4.80. The Bertz CT molecular complexity index is 864. The van der Waals surface area contributed by atoms with Crippen molar-refractivity contribution in [1.29, 1.82) is 0 Å². The van der Waals surface area contributed by atoms with E-state index in [0.717, 1.165) is 21.1 Å². The number of hydrogen-bond donors (Lipinski definition) is 2. The van der Waals surface area contributed by atoms with Crippen molar-refractivity contribution in [1.82, 2.24) is 9.97 Å². The number of benzene rings is 2. The highest BCUT2D eigenvalue weighted by Gasteiger charge is 2.15. The second kappa shape index (κ2) is 7.00. The molecule has 2 aromatic carbocycles. The molecule has 0 saturated heterocycles. The van der Waals surface area contributed by atoms with Gasteiger partial charge in [-0.05, 0) is 30.3 Å². The number of H-pyrrole nitrogens is 1. The monoisotopic (exact) mass is 391 g/mol. The molecule has 2 N–H and O–H groups in total. The molecule has 6 nitrogen and oxygen atoms in total. The molecule has 0 aliphatic heterocycles. The Morgan fingerprint density at radius 1 is 1.04 bits per heavy atom. The maximum atomic E-state index is 5.49. The van der Waals surface area contributed by atoms with Gasteiger partial charge in [0.2, 0.25) is 11.7 Å². The van der Waals surface area contributed by atoms with Crippen LogP contribution in [0.5, 0.6) is 17.2 Å². The molecule has 1 heterocycles. The van der Waals surface area contributed by atoms with Crippen LogP contribution in [-0.4, -0.2) is 31.3 Å². The number of aromatic nitrogens is 2. The van der Waals surface area contributed by atoms with Crippen LogP contribution in [0.25, 0.3) is 11.0 Å². The third kappa shape index (κ3) is 3.12. The normalized spacial score (nSPS) is 10.7. The molecule has 0 atom stereocenters. The van der Waals surface area contributed by atoms with E-state index in [1.807, 2.05) is 30.3 Å². The number of fused-ring (bicyclic) bond motifs is 1. The van der Waals surface area contributed by atoms with Gasteiger partial charge in [0.25, 0.3) is 0 Å². The highest BCUT2D eigenvalue weighted by molar-refractivity contribution is 9.10. The van der Waals surface area contributed by atoms with Gasteiger partial charge in [0.15, 0.2) is 11.5 Å². The third-order valence-corrected chi connectivity index (χ3v) is 4.17. The zero-order valence-corrected chi connectivity index (χ0v) is 15.2. The van der Waals surface area contributed by atoms with Gasteiger partial charge in [0.05, 0.1) is 32.4 Å². The number of halogens is 1. The minimum absolute atomic E-state index is 0.532. The van der Waals surface area contributed by atoms with E-state index in [4.69, 9.17) is 14.2 Å². The Kier molecular flexibility index (Phi) is 4.80. The highest BCUT2D eigenvalue weighted by atomic mass is 79.9. The number of aromatic amines is 1. The van der Waals surface area contributed by atoms with Crippen LogP contribution in [0.2, 0.25) is 0 Å². The Morgan fingerprint density at radius 2 is 1.83 bits per heavy atom.